The van der Waals surface area contributed by atoms with Crippen molar-refractivity contribution in [3.63, 3.8) is 0 Å². The van der Waals surface area contributed by atoms with Crippen LogP contribution in [0.25, 0.3) is 0 Å². The summed E-state index contributed by atoms with van der Waals surface area (Å²) in [5.74, 6) is -3.75. The second kappa shape index (κ2) is 6.52. The molecule has 0 amide bonds. The van der Waals surface area contributed by atoms with Gasteiger partial charge in [-0.2, -0.15) is 0 Å². The number of aromatic nitrogens is 1. The summed E-state index contributed by atoms with van der Waals surface area (Å²) in [4.78, 5) is 3.99. The lowest BCUT2D eigenvalue weighted by molar-refractivity contribution is 0.425. The Hall–Kier alpha value is -1.88. The van der Waals surface area contributed by atoms with Crippen LogP contribution < -0.4 is 5.32 Å². The monoisotopic (exact) mass is 280 g/mol. The standard InChI is InChI=1S/C15H15F3N2/c1-2-20-13(8-10-4-3-7-19-9-10)11-5-6-12(16)15(18)14(11)17/h3-7,9,13,20H,2,8H2,1H3. The molecule has 2 rings (SSSR count). The number of hydrogen-bond acceptors (Lipinski definition) is 2. The zero-order valence-electron chi connectivity index (χ0n) is 11.0. The highest BCUT2D eigenvalue weighted by molar-refractivity contribution is 5.26. The van der Waals surface area contributed by atoms with Gasteiger partial charge < -0.3 is 5.32 Å². The molecule has 0 spiro atoms. The number of hydrogen-bond donors (Lipinski definition) is 1. The van der Waals surface area contributed by atoms with E-state index in [1.54, 1.807) is 18.5 Å². The lowest BCUT2D eigenvalue weighted by Crippen LogP contribution is -2.24. The van der Waals surface area contributed by atoms with Crippen molar-refractivity contribution in [2.45, 2.75) is 19.4 Å². The van der Waals surface area contributed by atoms with E-state index in [1.165, 1.54) is 6.07 Å². The summed E-state index contributed by atoms with van der Waals surface area (Å²) in [7, 11) is 0. The molecule has 0 fully saturated rings. The van der Waals surface area contributed by atoms with E-state index in [2.05, 4.69) is 10.3 Å². The molecule has 2 aromatic rings. The van der Waals surface area contributed by atoms with Gasteiger partial charge in [0.15, 0.2) is 17.5 Å². The SMILES string of the molecule is CCNC(Cc1cccnc1)c1ccc(F)c(F)c1F. The number of pyridine rings is 1. The van der Waals surface area contributed by atoms with Crippen LogP contribution in [0.3, 0.4) is 0 Å². The minimum atomic E-state index is -1.43. The molecule has 1 heterocycles. The molecular weight excluding hydrogens is 265 g/mol. The predicted octanol–water partition coefficient (Wildman–Crippen LogP) is 3.39. The molecule has 1 atom stereocenters. The molecule has 1 aromatic heterocycles. The zero-order valence-corrected chi connectivity index (χ0v) is 11.0. The average Bonchev–Trinajstić information content (AvgIpc) is 2.46. The van der Waals surface area contributed by atoms with E-state index in [-0.39, 0.29) is 5.56 Å². The summed E-state index contributed by atoms with van der Waals surface area (Å²) < 4.78 is 40.2. The lowest BCUT2D eigenvalue weighted by atomic mass is 9.99. The van der Waals surface area contributed by atoms with Gasteiger partial charge in [0.05, 0.1) is 0 Å². The fourth-order valence-corrected chi connectivity index (χ4v) is 2.10. The first-order valence-electron chi connectivity index (χ1n) is 6.39. The molecule has 2 nitrogen and oxygen atoms in total. The zero-order chi connectivity index (χ0) is 14.5. The number of nitrogens with one attached hydrogen (secondary N) is 1. The number of halogens is 3. The molecule has 1 unspecified atom stereocenters. The van der Waals surface area contributed by atoms with Gasteiger partial charge in [0.2, 0.25) is 0 Å². The van der Waals surface area contributed by atoms with Crippen LogP contribution in [0.15, 0.2) is 36.7 Å². The molecule has 5 heteroatoms. The van der Waals surface area contributed by atoms with Crippen LogP contribution >= 0.6 is 0 Å². The van der Waals surface area contributed by atoms with Crippen molar-refractivity contribution in [2.24, 2.45) is 0 Å². The summed E-state index contributed by atoms with van der Waals surface area (Å²) in [5.41, 5.74) is 1.01. The van der Waals surface area contributed by atoms with Crippen LogP contribution in [0.4, 0.5) is 13.2 Å². The summed E-state index contributed by atoms with van der Waals surface area (Å²) >= 11 is 0. The van der Waals surface area contributed by atoms with Crippen molar-refractivity contribution in [1.29, 1.82) is 0 Å². The van der Waals surface area contributed by atoms with Crippen LogP contribution in [-0.4, -0.2) is 11.5 Å². The highest BCUT2D eigenvalue weighted by Gasteiger charge is 2.20. The Balaban J connectivity index is 2.31. The third-order valence-electron chi connectivity index (χ3n) is 3.05. The Morgan fingerprint density at radius 1 is 1.15 bits per heavy atom. The fourth-order valence-electron chi connectivity index (χ4n) is 2.10. The summed E-state index contributed by atoms with van der Waals surface area (Å²) in [6, 6.07) is 5.42. The number of likely N-dealkylation sites (N-methyl/N-ethyl adjacent to an activating group) is 1. The van der Waals surface area contributed by atoms with Crippen LogP contribution in [0.1, 0.15) is 24.1 Å². The molecule has 0 bridgehead atoms. The highest BCUT2D eigenvalue weighted by Crippen LogP contribution is 2.24. The first-order valence-corrected chi connectivity index (χ1v) is 6.39. The molecule has 0 saturated carbocycles. The molecular formula is C15H15F3N2. The topological polar surface area (TPSA) is 24.9 Å². The van der Waals surface area contributed by atoms with Gasteiger partial charge in [-0.25, -0.2) is 13.2 Å². The molecule has 0 aliphatic rings. The quantitative estimate of drug-likeness (QED) is 0.849. The molecule has 0 saturated heterocycles. The Morgan fingerprint density at radius 3 is 2.60 bits per heavy atom. The smallest absolute Gasteiger partial charge is 0.194 e. The first kappa shape index (κ1) is 14.5. The molecule has 1 N–H and O–H groups in total. The van der Waals surface area contributed by atoms with E-state index in [9.17, 15) is 13.2 Å². The second-order valence-electron chi connectivity index (χ2n) is 4.44. The Labute approximate surface area is 115 Å². The maximum Gasteiger partial charge on any atom is 0.194 e. The number of rotatable bonds is 5. The fraction of sp³-hybridized carbons (Fsp3) is 0.267. The van der Waals surface area contributed by atoms with E-state index in [4.69, 9.17) is 0 Å². The van der Waals surface area contributed by atoms with Crippen LogP contribution in [-0.2, 0) is 6.42 Å². The van der Waals surface area contributed by atoms with Gasteiger partial charge in [-0.15, -0.1) is 0 Å². The molecule has 0 aliphatic carbocycles. The van der Waals surface area contributed by atoms with E-state index in [0.717, 1.165) is 11.6 Å². The minimum Gasteiger partial charge on any atom is -0.310 e. The van der Waals surface area contributed by atoms with Gasteiger partial charge in [-0.1, -0.05) is 19.1 Å². The van der Waals surface area contributed by atoms with Crippen molar-refractivity contribution < 1.29 is 13.2 Å². The van der Waals surface area contributed by atoms with Crippen molar-refractivity contribution in [3.05, 3.63) is 65.2 Å². The van der Waals surface area contributed by atoms with E-state index in [1.807, 2.05) is 13.0 Å². The molecule has 106 valence electrons. The van der Waals surface area contributed by atoms with Gasteiger partial charge in [-0.3, -0.25) is 4.98 Å². The third-order valence-corrected chi connectivity index (χ3v) is 3.05. The number of benzene rings is 1. The van der Waals surface area contributed by atoms with Crippen molar-refractivity contribution >= 4 is 0 Å². The first-order chi connectivity index (χ1) is 9.63. The van der Waals surface area contributed by atoms with Crippen LogP contribution in [0.2, 0.25) is 0 Å². The lowest BCUT2D eigenvalue weighted by Gasteiger charge is -2.19. The van der Waals surface area contributed by atoms with Gasteiger partial charge in [0.25, 0.3) is 0 Å². The van der Waals surface area contributed by atoms with E-state index in [0.29, 0.717) is 13.0 Å². The molecule has 0 radical (unpaired) electrons. The van der Waals surface area contributed by atoms with Gasteiger partial charge in [0, 0.05) is 24.0 Å². The van der Waals surface area contributed by atoms with E-state index < -0.39 is 23.5 Å². The van der Waals surface area contributed by atoms with Crippen molar-refractivity contribution in [3.8, 4) is 0 Å². The number of nitrogens with zero attached hydrogens (tertiary/aromatic N) is 1. The predicted molar refractivity (Wildman–Crippen MR) is 70.7 cm³/mol. The highest BCUT2D eigenvalue weighted by atomic mass is 19.2. The van der Waals surface area contributed by atoms with E-state index >= 15 is 0 Å². The van der Waals surface area contributed by atoms with Crippen LogP contribution in [0, 0.1) is 17.5 Å². The third kappa shape index (κ3) is 3.17. The largest absolute Gasteiger partial charge is 0.310 e. The normalized spacial score (nSPS) is 12.4. The summed E-state index contributed by atoms with van der Waals surface area (Å²) in [6.07, 6.45) is 3.76. The van der Waals surface area contributed by atoms with Crippen molar-refractivity contribution in [2.75, 3.05) is 6.54 Å². The molecule has 0 aliphatic heterocycles. The maximum absolute atomic E-state index is 13.9. The minimum absolute atomic E-state index is 0.120. The molecule has 1 aromatic carbocycles. The van der Waals surface area contributed by atoms with Crippen molar-refractivity contribution in [1.82, 2.24) is 10.3 Å². The maximum atomic E-state index is 13.9. The van der Waals surface area contributed by atoms with Gasteiger partial charge in [-0.05, 0) is 30.7 Å². The Morgan fingerprint density at radius 2 is 1.95 bits per heavy atom. The molecule has 20 heavy (non-hydrogen) atoms. The van der Waals surface area contributed by atoms with Gasteiger partial charge >= 0.3 is 0 Å². The second-order valence-corrected chi connectivity index (χ2v) is 4.44. The Kier molecular flexibility index (Phi) is 4.74. The van der Waals surface area contributed by atoms with Gasteiger partial charge in [0.1, 0.15) is 0 Å². The summed E-state index contributed by atoms with van der Waals surface area (Å²) in [5, 5.41) is 3.08. The van der Waals surface area contributed by atoms with Crippen LogP contribution in [0.5, 0.6) is 0 Å². The summed E-state index contributed by atoms with van der Waals surface area (Å²) in [6.45, 7) is 2.46. The Bertz CT molecular complexity index is 573. The average molecular weight is 280 g/mol.